The molecule has 1 spiro atoms. The van der Waals surface area contributed by atoms with Gasteiger partial charge in [0, 0.05) is 12.6 Å². The van der Waals surface area contributed by atoms with E-state index in [0.29, 0.717) is 25.4 Å². The number of benzene rings is 2. The van der Waals surface area contributed by atoms with Crippen molar-refractivity contribution in [1.29, 1.82) is 0 Å². The summed E-state index contributed by atoms with van der Waals surface area (Å²) in [5.74, 6) is -0.706. The third-order valence-corrected chi connectivity index (χ3v) is 5.81. The quantitative estimate of drug-likeness (QED) is 0.442. The summed E-state index contributed by atoms with van der Waals surface area (Å²) in [6.07, 6.45) is 1.73. The first-order valence-electron chi connectivity index (χ1n) is 8.99. The molecule has 0 N–H and O–H groups in total. The molecule has 0 bridgehead atoms. The van der Waals surface area contributed by atoms with Gasteiger partial charge in [-0.25, -0.2) is 4.79 Å². The molecule has 0 aromatic heterocycles. The summed E-state index contributed by atoms with van der Waals surface area (Å²) >= 11 is 6.25. The minimum atomic E-state index is -0.706. The van der Waals surface area contributed by atoms with E-state index in [1.165, 1.54) is 24.8 Å². The number of halogens is 1. The summed E-state index contributed by atoms with van der Waals surface area (Å²) in [6, 6.07) is 10.8. The van der Waals surface area contributed by atoms with E-state index < -0.39 is 16.5 Å². The third kappa shape index (κ3) is 3.00. The Hall–Kier alpha value is -2.64. The Bertz CT molecular complexity index is 960. The number of nitro benzene ring substituents is 1. The highest BCUT2D eigenvalue weighted by molar-refractivity contribution is 6.34. The zero-order chi connectivity index (χ0) is 19.9. The molecule has 2 aromatic carbocycles. The van der Waals surface area contributed by atoms with Crippen LogP contribution < -0.4 is 4.90 Å². The number of carbonyl (C=O) groups is 1. The van der Waals surface area contributed by atoms with Crippen LogP contribution in [0.15, 0.2) is 36.4 Å². The molecule has 1 aliphatic heterocycles. The Balaban J connectivity index is 1.74. The number of morpholine rings is 1. The largest absolute Gasteiger partial charge is 0.465 e. The number of fused-ring (bicyclic) bond motifs is 2. The maximum absolute atomic E-state index is 11.9. The van der Waals surface area contributed by atoms with E-state index in [1.54, 1.807) is 0 Å². The van der Waals surface area contributed by atoms with Gasteiger partial charge in [-0.15, -0.1) is 0 Å². The van der Waals surface area contributed by atoms with Crippen molar-refractivity contribution >= 4 is 28.9 Å². The average molecular weight is 403 g/mol. The molecule has 2 aliphatic rings. The predicted octanol–water partition coefficient (Wildman–Crippen LogP) is 3.71. The van der Waals surface area contributed by atoms with Gasteiger partial charge in [0.1, 0.15) is 11.3 Å². The number of nitro groups is 1. The summed E-state index contributed by atoms with van der Waals surface area (Å²) in [5.41, 5.74) is 2.09. The third-order valence-electron chi connectivity index (χ3n) is 5.50. The maximum Gasteiger partial charge on any atom is 0.339 e. The smallest absolute Gasteiger partial charge is 0.339 e. The Morgan fingerprint density at radius 1 is 1.36 bits per heavy atom. The molecule has 1 heterocycles. The summed E-state index contributed by atoms with van der Waals surface area (Å²) in [7, 11) is 1.21. The molecule has 1 saturated heterocycles. The second-order valence-electron chi connectivity index (χ2n) is 6.99. The fourth-order valence-corrected chi connectivity index (χ4v) is 4.41. The molecular weight excluding hydrogens is 384 g/mol. The molecule has 0 radical (unpaired) electrons. The van der Waals surface area contributed by atoms with Crippen LogP contribution in [-0.4, -0.2) is 37.7 Å². The molecule has 28 heavy (non-hydrogen) atoms. The minimum absolute atomic E-state index is 0.0196. The fraction of sp³-hybridized carbons (Fsp3) is 0.350. The van der Waals surface area contributed by atoms with Gasteiger partial charge in [0.05, 0.1) is 35.8 Å². The highest BCUT2D eigenvalue weighted by Gasteiger charge is 2.44. The van der Waals surface area contributed by atoms with Crippen LogP contribution in [0.4, 0.5) is 11.4 Å². The lowest BCUT2D eigenvalue weighted by molar-refractivity contribution is -0.384. The van der Waals surface area contributed by atoms with Gasteiger partial charge >= 0.3 is 5.97 Å². The lowest BCUT2D eigenvalue weighted by Crippen LogP contribution is -2.49. The van der Waals surface area contributed by atoms with Gasteiger partial charge in [-0.3, -0.25) is 10.1 Å². The number of anilines is 1. The molecular formula is C20H19ClN2O5. The number of aryl methyl sites for hydroxylation is 1. The number of hydrogen-bond acceptors (Lipinski definition) is 6. The van der Waals surface area contributed by atoms with Gasteiger partial charge in [0.25, 0.3) is 5.69 Å². The molecule has 1 aliphatic carbocycles. The first-order valence-corrected chi connectivity index (χ1v) is 9.36. The molecule has 7 nitrogen and oxygen atoms in total. The second kappa shape index (κ2) is 7.07. The van der Waals surface area contributed by atoms with E-state index in [4.69, 9.17) is 16.3 Å². The number of esters is 1. The molecule has 8 heteroatoms. The van der Waals surface area contributed by atoms with Crippen molar-refractivity contribution < 1.29 is 19.2 Å². The number of rotatable bonds is 3. The van der Waals surface area contributed by atoms with Crippen LogP contribution in [0.25, 0.3) is 0 Å². The first-order chi connectivity index (χ1) is 13.4. The van der Waals surface area contributed by atoms with E-state index in [1.807, 2.05) is 17.0 Å². The van der Waals surface area contributed by atoms with Gasteiger partial charge in [-0.1, -0.05) is 35.9 Å². The Kier molecular flexibility index (Phi) is 4.72. The monoisotopic (exact) mass is 402 g/mol. The van der Waals surface area contributed by atoms with Gasteiger partial charge in [-0.2, -0.15) is 0 Å². The van der Waals surface area contributed by atoms with Crippen LogP contribution in [0.2, 0.25) is 5.02 Å². The van der Waals surface area contributed by atoms with Crippen molar-refractivity contribution in [2.45, 2.75) is 18.4 Å². The number of nitrogens with zero attached hydrogens (tertiary/aromatic N) is 2. The van der Waals surface area contributed by atoms with Gasteiger partial charge in [0.2, 0.25) is 0 Å². The fourth-order valence-electron chi connectivity index (χ4n) is 4.18. The Morgan fingerprint density at radius 3 is 2.89 bits per heavy atom. The normalized spacial score (nSPS) is 20.9. The van der Waals surface area contributed by atoms with Crippen molar-refractivity contribution in [1.82, 2.24) is 0 Å². The number of carbonyl (C=O) groups excluding carboxylic acids is 1. The van der Waals surface area contributed by atoms with Crippen molar-refractivity contribution in [2.75, 3.05) is 31.7 Å². The summed E-state index contributed by atoms with van der Waals surface area (Å²) in [4.78, 5) is 25.0. The first kappa shape index (κ1) is 18.7. The molecule has 146 valence electrons. The number of methoxy groups -OCH3 is 1. The van der Waals surface area contributed by atoms with Crippen LogP contribution >= 0.6 is 11.6 Å². The van der Waals surface area contributed by atoms with E-state index in [-0.39, 0.29) is 16.3 Å². The molecule has 1 fully saturated rings. The van der Waals surface area contributed by atoms with Gasteiger partial charge in [0.15, 0.2) is 0 Å². The number of hydrogen-bond donors (Lipinski definition) is 0. The molecule has 2 aromatic rings. The molecule has 0 saturated carbocycles. The zero-order valence-electron chi connectivity index (χ0n) is 15.3. The molecule has 4 rings (SSSR count). The summed E-state index contributed by atoms with van der Waals surface area (Å²) in [6.45, 7) is 1.43. The molecule has 1 atom stereocenters. The Labute approximate surface area is 167 Å². The van der Waals surface area contributed by atoms with E-state index >= 15 is 0 Å². The SMILES string of the molecule is COC(=O)c1cc([N+](=O)[O-])c(N2CCOC3(CCc4ccccc43)C2)cc1Cl. The van der Waals surface area contributed by atoms with Crippen molar-refractivity contribution in [3.8, 4) is 0 Å². The van der Waals surface area contributed by atoms with E-state index in [0.717, 1.165) is 18.4 Å². The molecule has 1 unspecified atom stereocenters. The maximum atomic E-state index is 11.9. The van der Waals surface area contributed by atoms with Crippen LogP contribution in [0, 0.1) is 10.1 Å². The highest BCUT2D eigenvalue weighted by Crippen LogP contribution is 2.44. The van der Waals surface area contributed by atoms with Gasteiger partial charge in [-0.05, 0) is 30.0 Å². The summed E-state index contributed by atoms with van der Waals surface area (Å²) in [5, 5.41) is 11.8. The average Bonchev–Trinajstić information content (AvgIpc) is 3.05. The van der Waals surface area contributed by atoms with E-state index in [2.05, 4.69) is 16.9 Å². The van der Waals surface area contributed by atoms with Crippen LogP contribution in [-0.2, 0) is 21.5 Å². The second-order valence-corrected chi connectivity index (χ2v) is 7.40. The van der Waals surface area contributed by atoms with Crippen molar-refractivity contribution in [3.63, 3.8) is 0 Å². The van der Waals surface area contributed by atoms with Gasteiger partial charge < -0.3 is 14.4 Å². The van der Waals surface area contributed by atoms with Crippen LogP contribution in [0.1, 0.15) is 27.9 Å². The lowest BCUT2D eigenvalue weighted by atomic mass is 9.93. The zero-order valence-corrected chi connectivity index (χ0v) is 16.1. The lowest BCUT2D eigenvalue weighted by Gasteiger charge is -2.42. The van der Waals surface area contributed by atoms with Crippen LogP contribution in [0.3, 0.4) is 0 Å². The predicted molar refractivity (Wildman–Crippen MR) is 104 cm³/mol. The molecule has 0 amide bonds. The summed E-state index contributed by atoms with van der Waals surface area (Å²) < 4.78 is 10.9. The Morgan fingerprint density at radius 2 is 2.14 bits per heavy atom. The minimum Gasteiger partial charge on any atom is -0.465 e. The highest BCUT2D eigenvalue weighted by atomic mass is 35.5. The van der Waals surface area contributed by atoms with Crippen LogP contribution in [0.5, 0.6) is 0 Å². The standard InChI is InChI=1S/C20H19ClN2O5/c1-27-19(24)14-10-18(23(25)26)17(11-16(14)21)22-8-9-28-20(12-22)7-6-13-4-2-3-5-15(13)20/h2-5,10-11H,6-9,12H2,1H3. The van der Waals surface area contributed by atoms with Crippen molar-refractivity contribution in [2.24, 2.45) is 0 Å². The van der Waals surface area contributed by atoms with Crippen molar-refractivity contribution in [3.05, 3.63) is 68.2 Å². The number of ether oxygens (including phenoxy) is 2. The topological polar surface area (TPSA) is 81.9 Å². The van der Waals surface area contributed by atoms with E-state index in [9.17, 15) is 14.9 Å².